The van der Waals surface area contributed by atoms with E-state index in [1.165, 1.54) is 21.3 Å². The normalized spacial score (nSPS) is 38.3. The molecule has 4 fully saturated rings. The van der Waals surface area contributed by atoms with Crippen molar-refractivity contribution < 1.29 is 28.6 Å². The Bertz CT molecular complexity index is 494. The van der Waals surface area contributed by atoms with Gasteiger partial charge < -0.3 is 14.2 Å². The van der Waals surface area contributed by atoms with E-state index in [0.717, 1.165) is 38.5 Å². The summed E-state index contributed by atoms with van der Waals surface area (Å²) in [5, 5.41) is 0. The molecule has 0 atom stereocenters. The lowest BCUT2D eigenvalue weighted by Gasteiger charge is -2.66. The van der Waals surface area contributed by atoms with Gasteiger partial charge in [0.2, 0.25) is 0 Å². The summed E-state index contributed by atoms with van der Waals surface area (Å²) in [6.07, 6.45) is 6.55. The molecule has 0 heterocycles. The van der Waals surface area contributed by atoms with Crippen molar-refractivity contribution in [1.82, 2.24) is 0 Å². The van der Waals surface area contributed by atoms with Gasteiger partial charge in [-0.05, 0) is 60.7 Å². The Morgan fingerprint density at radius 3 is 1.20 bits per heavy atom. The SMILES string of the molecule is COC(=O)CC12CC3CC(CC(=O)OC)(C1)CC(CC(=O)OC)(C3)C2. The van der Waals surface area contributed by atoms with Gasteiger partial charge >= 0.3 is 17.9 Å². The molecule has 0 saturated heterocycles. The fraction of sp³-hybridized carbons (Fsp3) is 0.842. The second-order valence-corrected chi connectivity index (χ2v) is 8.77. The molecule has 4 saturated carbocycles. The summed E-state index contributed by atoms with van der Waals surface area (Å²) in [6.45, 7) is 0. The zero-order valence-corrected chi connectivity index (χ0v) is 15.4. The molecule has 4 rings (SSSR count). The Morgan fingerprint density at radius 1 is 0.680 bits per heavy atom. The second kappa shape index (κ2) is 6.29. The number of ether oxygens (including phenoxy) is 3. The van der Waals surface area contributed by atoms with Gasteiger partial charge in [0.25, 0.3) is 0 Å². The van der Waals surface area contributed by atoms with E-state index in [4.69, 9.17) is 14.2 Å². The van der Waals surface area contributed by atoms with E-state index < -0.39 is 0 Å². The van der Waals surface area contributed by atoms with E-state index in [-0.39, 0.29) is 34.2 Å². The van der Waals surface area contributed by atoms with Gasteiger partial charge in [0.1, 0.15) is 0 Å². The van der Waals surface area contributed by atoms with Crippen molar-refractivity contribution in [3.8, 4) is 0 Å². The number of hydrogen-bond acceptors (Lipinski definition) is 6. The molecule has 0 aromatic carbocycles. The van der Waals surface area contributed by atoms with Gasteiger partial charge in [0.05, 0.1) is 40.6 Å². The van der Waals surface area contributed by atoms with Crippen molar-refractivity contribution in [1.29, 1.82) is 0 Å². The monoisotopic (exact) mass is 352 g/mol. The molecule has 0 radical (unpaired) electrons. The van der Waals surface area contributed by atoms with Crippen LogP contribution in [0, 0.1) is 22.2 Å². The number of carbonyl (C=O) groups excluding carboxylic acids is 3. The summed E-state index contributed by atoms with van der Waals surface area (Å²) in [6, 6.07) is 0. The molecule has 140 valence electrons. The Morgan fingerprint density at radius 2 is 0.960 bits per heavy atom. The minimum absolute atomic E-state index is 0.172. The van der Waals surface area contributed by atoms with Crippen molar-refractivity contribution in [3.05, 3.63) is 0 Å². The first-order chi connectivity index (χ1) is 11.8. The van der Waals surface area contributed by atoms with E-state index in [9.17, 15) is 14.4 Å². The predicted molar refractivity (Wildman–Crippen MR) is 88.4 cm³/mol. The molecule has 0 unspecified atom stereocenters. The minimum atomic E-state index is -0.205. The Kier molecular flexibility index (Phi) is 4.58. The third kappa shape index (κ3) is 3.40. The highest BCUT2D eigenvalue weighted by atomic mass is 16.5. The number of carbonyl (C=O) groups is 3. The lowest BCUT2D eigenvalue weighted by Crippen LogP contribution is -2.58. The quantitative estimate of drug-likeness (QED) is 0.540. The van der Waals surface area contributed by atoms with Gasteiger partial charge in [-0.1, -0.05) is 0 Å². The van der Waals surface area contributed by atoms with Crippen LogP contribution < -0.4 is 0 Å². The molecule has 4 aliphatic rings. The first kappa shape index (κ1) is 18.2. The van der Waals surface area contributed by atoms with Gasteiger partial charge in [-0.2, -0.15) is 0 Å². The molecule has 25 heavy (non-hydrogen) atoms. The molecular weight excluding hydrogens is 324 g/mol. The summed E-state index contributed by atoms with van der Waals surface area (Å²) in [5.74, 6) is -0.176. The third-order valence-electron chi connectivity index (χ3n) is 6.66. The molecule has 0 spiro atoms. The Balaban J connectivity index is 1.93. The van der Waals surface area contributed by atoms with Crippen LogP contribution in [-0.2, 0) is 28.6 Å². The maximum atomic E-state index is 12.1. The largest absolute Gasteiger partial charge is 0.469 e. The molecule has 0 N–H and O–H groups in total. The summed E-state index contributed by atoms with van der Waals surface area (Å²) in [7, 11) is 4.24. The average Bonchev–Trinajstić information content (AvgIpc) is 2.51. The lowest BCUT2D eigenvalue weighted by atomic mass is 9.38. The van der Waals surface area contributed by atoms with Crippen LogP contribution in [0.5, 0.6) is 0 Å². The van der Waals surface area contributed by atoms with Crippen LogP contribution in [0.2, 0.25) is 0 Å². The summed E-state index contributed by atoms with van der Waals surface area (Å²) in [5.41, 5.74) is -0.516. The molecular formula is C19H28O6. The zero-order valence-electron chi connectivity index (χ0n) is 15.4. The van der Waals surface area contributed by atoms with Crippen LogP contribution >= 0.6 is 0 Å². The van der Waals surface area contributed by atoms with Crippen molar-refractivity contribution >= 4 is 17.9 Å². The van der Waals surface area contributed by atoms with Gasteiger partial charge in [-0.15, -0.1) is 0 Å². The number of rotatable bonds is 6. The second-order valence-electron chi connectivity index (χ2n) is 8.77. The first-order valence-electron chi connectivity index (χ1n) is 8.98. The Labute approximate surface area is 148 Å². The maximum Gasteiger partial charge on any atom is 0.306 e. The lowest BCUT2D eigenvalue weighted by molar-refractivity contribution is -0.187. The van der Waals surface area contributed by atoms with Crippen LogP contribution in [0.4, 0.5) is 0 Å². The Hall–Kier alpha value is -1.59. The van der Waals surface area contributed by atoms with E-state index >= 15 is 0 Å². The van der Waals surface area contributed by atoms with Gasteiger partial charge in [0.15, 0.2) is 0 Å². The standard InChI is InChI=1S/C19H28O6/c1-23-14(20)7-17-4-13-5-18(10-17,8-15(21)24-2)12-19(6-13,11-17)9-16(22)25-3/h13H,4-12H2,1-3H3. The number of methoxy groups -OCH3 is 3. The molecule has 6 nitrogen and oxygen atoms in total. The molecule has 0 aromatic rings. The average molecular weight is 352 g/mol. The highest BCUT2D eigenvalue weighted by molar-refractivity contribution is 5.72. The molecule has 0 aliphatic heterocycles. The minimum Gasteiger partial charge on any atom is -0.469 e. The van der Waals surface area contributed by atoms with Crippen LogP contribution in [0.3, 0.4) is 0 Å². The van der Waals surface area contributed by atoms with Crippen molar-refractivity contribution in [2.24, 2.45) is 22.2 Å². The molecule has 0 amide bonds. The fourth-order valence-electron chi connectivity index (χ4n) is 6.79. The van der Waals surface area contributed by atoms with Gasteiger partial charge in [-0.25, -0.2) is 0 Å². The summed E-state index contributed by atoms with van der Waals surface area (Å²) >= 11 is 0. The van der Waals surface area contributed by atoms with E-state index in [1.807, 2.05) is 0 Å². The third-order valence-corrected chi connectivity index (χ3v) is 6.66. The summed E-state index contributed by atoms with van der Waals surface area (Å²) < 4.78 is 14.8. The van der Waals surface area contributed by atoms with E-state index in [2.05, 4.69) is 0 Å². The van der Waals surface area contributed by atoms with Crippen molar-refractivity contribution in [2.45, 2.75) is 57.8 Å². The van der Waals surface area contributed by atoms with Gasteiger partial charge in [0, 0.05) is 0 Å². The van der Waals surface area contributed by atoms with Crippen molar-refractivity contribution in [2.75, 3.05) is 21.3 Å². The predicted octanol–water partition coefficient (Wildman–Crippen LogP) is 2.63. The molecule has 0 aromatic heterocycles. The maximum absolute atomic E-state index is 12.1. The fourth-order valence-corrected chi connectivity index (χ4v) is 6.79. The van der Waals surface area contributed by atoms with E-state index in [0.29, 0.717) is 25.2 Å². The first-order valence-corrected chi connectivity index (χ1v) is 8.98. The highest BCUT2D eigenvalue weighted by Crippen LogP contribution is 2.72. The van der Waals surface area contributed by atoms with Crippen LogP contribution in [0.25, 0.3) is 0 Å². The molecule has 4 aliphatic carbocycles. The smallest absolute Gasteiger partial charge is 0.306 e. The van der Waals surface area contributed by atoms with Crippen LogP contribution in [0.1, 0.15) is 57.8 Å². The number of hydrogen-bond donors (Lipinski definition) is 0. The van der Waals surface area contributed by atoms with Gasteiger partial charge in [-0.3, -0.25) is 14.4 Å². The van der Waals surface area contributed by atoms with Crippen molar-refractivity contribution in [3.63, 3.8) is 0 Å². The summed E-state index contributed by atoms with van der Waals surface area (Å²) in [4.78, 5) is 36.2. The molecule has 4 bridgehead atoms. The highest BCUT2D eigenvalue weighted by Gasteiger charge is 2.64. The zero-order chi connectivity index (χ0) is 18.3. The van der Waals surface area contributed by atoms with Crippen LogP contribution in [-0.4, -0.2) is 39.2 Å². The molecule has 6 heteroatoms. The van der Waals surface area contributed by atoms with Crippen LogP contribution in [0.15, 0.2) is 0 Å². The van der Waals surface area contributed by atoms with E-state index in [1.54, 1.807) is 0 Å². The topological polar surface area (TPSA) is 78.9 Å². The number of esters is 3.